The van der Waals surface area contributed by atoms with Gasteiger partial charge in [-0.15, -0.1) is 0 Å². The summed E-state index contributed by atoms with van der Waals surface area (Å²) in [5.74, 6) is -0.0887. The van der Waals surface area contributed by atoms with E-state index in [2.05, 4.69) is 21.2 Å². The Kier molecular flexibility index (Phi) is 9.27. The van der Waals surface area contributed by atoms with E-state index in [1.54, 1.807) is 36.4 Å². The fraction of sp³-hybridized carbons (Fsp3) is 0.207. The zero-order valence-corrected chi connectivity index (χ0v) is 23.7. The molecule has 1 N–H and O–H groups in total. The number of imide groups is 2. The number of barbiturate groups is 1. The Morgan fingerprint density at radius 3 is 2.36 bits per heavy atom. The molecule has 1 fully saturated rings. The molecule has 0 atom stereocenters. The van der Waals surface area contributed by atoms with E-state index in [1.165, 1.54) is 13.2 Å². The zero-order valence-electron chi connectivity index (χ0n) is 21.3. The number of hydrogen-bond donors (Lipinski definition) is 1. The van der Waals surface area contributed by atoms with Crippen LogP contribution in [0.2, 0.25) is 5.02 Å². The van der Waals surface area contributed by atoms with Crippen molar-refractivity contribution in [2.75, 3.05) is 13.7 Å². The first kappa shape index (κ1) is 28.2. The summed E-state index contributed by atoms with van der Waals surface area (Å²) in [6.07, 6.45) is 2.21. The first-order valence-corrected chi connectivity index (χ1v) is 13.3. The number of methoxy groups -OCH3 is 1. The molecule has 0 saturated carbocycles. The van der Waals surface area contributed by atoms with Crippen LogP contribution in [0.4, 0.5) is 4.79 Å². The largest absolute Gasteiger partial charge is 0.493 e. The van der Waals surface area contributed by atoms with Gasteiger partial charge in [-0.05, 0) is 66.1 Å². The van der Waals surface area contributed by atoms with Crippen LogP contribution >= 0.6 is 27.5 Å². The lowest BCUT2D eigenvalue weighted by Gasteiger charge is -2.26. The van der Waals surface area contributed by atoms with Gasteiger partial charge in [0.25, 0.3) is 11.8 Å². The fourth-order valence-corrected chi connectivity index (χ4v) is 4.27. The smallest absolute Gasteiger partial charge is 0.331 e. The molecule has 0 bridgehead atoms. The Morgan fingerprint density at radius 1 is 0.923 bits per heavy atom. The topological polar surface area (TPSA) is 94.2 Å². The SMILES string of the molecule is CCCOc1ccc(CN2C(=O)NC(=O)/C(=C\c3cc(Cl)ccc3OCc3ccc(Br)cc3)C2=O)cc1OC. The Morgan fingerprint density at radius 2 is 1.64 bits per heavy atom. The van der Waals surface area contributed by atoms with Crippen molar-refractivity contribution >= 4 is 51.5 Å². The van der Waals surface area contributed by atoms with Crippen LogP contribution in [0.5, 0.6) is 17.2 Å². The molecule has 4 amide bonds. The molecule has 4 rings (SSSR count). The highest BCUT2D eigenvalue weighted by Crippen LogP contribution is 2.30. The normalized spacial score (nSPS) is 14.4. The summed E-state index contributed by atoms with van der Waals surface area (Å²) >= 11 is 9.62. The molecular weight excluding hydrogens is 588 g/mol. The van der Waals surface area contributed by atoms with Crippen molar-refractivity contribution in [1.29, 1.82) is 0 Å². The highest BCUT2D eigenvalue weighted by atomic mass is 79.9. The maximum Gasteiger partial charge on any atom is 0.331 e. The van der Waals surface area contributed by atoms with E-state index >= 15 is 0 Å². The standard InChI is InChI=1S/C29H26BrClN2O6/c1-3-12-38-25-10-6-19(13-26(25)37-2)16-33-28(35)23(27(34)32-29(33)36)15-20-14-22(31)9-11-24(20)39-17-18-4-7-21(30)8-5-18/h4-11,13-15H,3,12,16-17H2,1-2H3,(H,32,34,36)/b23-15+. The van der Waals surface area contributed by atoms with E-state index in [1.807, 2.05) is 31.2 Å². The first-order chi connectivity index (χ1) is 18.8. The third kappa shape index (κ3) is 6.99. The quantitative estimate of drug-likeness (QED) is 0.218. The van der Waals surface area contributed by atoms with Gasteiger partial charge in [0.1, 0.15) is 17.9 Å². The summed E-state index contributed by atoms with van der Waals surface area (Å²) < 4.78 is 18.0. The number of hydrogen-bond acceptors (Lipinski definition) is 6. The summed E-state index contributed by atoms with van der Waals surface area (Å²) in [4.78, 5) is 39.7. The van der Waals surface area contributed by atoms with Crippen molar-refractivity contribution in [3.63, 3.8) is 0 Å². The van der Waals surface area contributed by atoms with Gasteiger partial charge in [0.15, 0.2) is 11.5 Å². The molecule has 39 heavy (non-hydrogen) atoms. The summed E-state index contributed by atoms with van der Waals surface area (Å²) in [6.45, 7) is 2.70. The van der Waals surface area contributed by atoms with Gasteiger partial charge >= 0.3 is 6.03 Å². The van der Waals surface area contributed by atoms with Crippen LogP contribution in [-0.2, 0) is 22.7 Å². The maximum absolute atomic E-state index is 13.4. The molecule has 8 nitrogen and oxygen atoms in total. The van der Waals surface area contributed by atoms with Gasteiger partial charge in [-0.3, -0.25) is 19.8 Å². The van der Waals surface area contributed by atoms with Crippen LogP contribution in [0.1, 0.15) is 30.0 Å². The lowest BCUT2D eigenvalue weighted by Crippen LogP contribution is -2.53. The van der Waals surface area contributed by atoms with Crippen molar-refractivity contribution < 1.29 is 28.6 Å². The number of halogens is 2. The van der Waals surface area contributed by atoms with Gasteiger partial charge in [-0.2, -0.15) is 0 Å². The highest BCUT2D eigenvalue weighted by molar-refractivity contribution is 9.10. The number of carbonyl (C=O) groups is 3. The van der Waals surface area contributed by atoms with E-state index < -0.39 is 17.8 Å². The average Bonchev–Trinajstić information content (AvgIpc) is 2.92. The molecule has 1 aliphatic rings. The minimum atomic E-state index is -0.815. The molecule has 0 unspecified atom stereocenters. The van der Waals surface area contributed by atoms with Crippen LogP contribution in [0.3, 0.4) is 0 Å². The lowest BCUT2D eigenvalue weighted by molar-refractivity contribution is -0.130. The minimum absolute atomic E-state index is 0.0812. The number of benzene rings is 3. The molecule has 1 heterocycles. The van der Waals surface area contributed by atoms with Crippen LogP contribution in [0, 0.1) is 0 Å². The van der Waals surface area contributed by atoms with Crippen molar-refractivity contribution in [1.82, 2.24) is 10.2 Å². The molecule has 3 aromatic rings. The van der Waals surface area contributed by atoms with Gasteiger partial charge in [0.05, 0.1) is 20.3 Å². The van der Waals surface area contributed by atoms with Crippen molar-refractivity contribution in [3.8, 4) is 17.2 Å². The Hall–Kier alpha value is -3.82. The van der Waals surface area contributed by atoms with E-state index in [4.69, 9.17) is 25.8 Å². The molecule has 3 aromatic carbocycles. The second-order valence-electron chi connectivity index (χ2n) is 8.64. The minimum Gasteiger partial charge on any atom is -0.493 e. The molecule has 1 aliphatic heterocycles. The van der Waals surface area contributed by atoms with E-state index in [9.17, 15) is 14.4 Å². The molecule has 202 valence electrons. The lowest BCUT2D eigenvalue weighted by atomic mass is 10.1. The third-order valence-electron chi connectivity index (χ3n) is 5.80. The Balaban J connectivity index is 1.58. The number of urea groups is 1. The summed E-state index contributed by atoms with van der Waals surface area (Å²) in [6, 6.07) is 16.9. The third-order valence-corrected chi connectivity index (χ3v) is 6.56. The Bertz CT molecular complexity index is 1420. The Labute approximate surface area is 239 Å². The molecular formula is C29H26BrClN2O6. The predicted octanol–water partition coefficient (Wildman–Crippen LogP) is 6.14. The van der Waals surface area contributed by atoms with Gasteiger partial charge in [0.2, 0.25) is 0 Å². The van der Waals surface area contributed by atoms with Crippen molar-refractivity contribution in [2.24, 2.45) is 0 Å². The molecule has 0 radical (unpaired) electrons. The second kappa shape index (κ2) is 12.8. The highest BCUT2D eigenvalue weighted by Gasteiger charge is 2.36. The average molecular weight is 614 g/mol. The fourth-order valence-electron chi connectivity index (χ4n) is 3.82. The van der Waals surface area contributed by atoms with E-state index in [-0.39, 0.29) is 18.7 Å². The van der Waals surface area contributed by atoms with E-state index in [0.29, 0.717) is 40.0 Å². The van der Waals surface area contributed by atoms with Gasteiger partial charge in [-0.1, -0.05) is 52.7 Å². The van der Waals surface area contributed by atoms with Crippen molar-refractivity contribution in [3.05, 3.63) is 92.4 Å². The molecule has 0 aliphatic carbocycles. The monoisotopic (exact) mass is 612 g/mol. The maximum atomic E-state index is 13.4. The number of rotatable bonds is 10. The summed E-state index contributed by atoms with van der Waals surface area (Å²) in [5, 5.41) is 2.64. The van der Waals surface area contributed by atoms with Crippen LogP contribution < -0.4 is 19.5 Å². The van der Waals surface area contributed by atoms with Crippen molar-refractivity contribution in [2.45, 2.75) is 26.5 Å². The summed E-state index contributed by atoms with van der Waals surface area (Å²) in [7, 11) is 1.51. The van der Waals surface area contributed by atoms with Crippen LogP contribution in [0.15, 0.2) is 70.7 Å². The van der Waals surface area contributed by atoms with Crippen LogP contribution in [0.25, 0.3) is 6.08 Å². The first-order valence-electron chi connectivity index (χ1n) is 12.1. The number of carbonyl (C=O) groups excluding carboxylic acids is 3. The summed E-state index contributed by atoms with van der Waals surface area (Å²) in [5.41, 5.74) is 1.75. The molecule has 0 aromatic heterocycles. The van der Waals surface area contributed by atoms with Gasteiger partial charge in [-0.25, -0.2) is 4.79 Å². The van der Waals surface area contributed by atoms with E-state index in [0.717, 1.165) is 21.4 Å². The number of amides is 4. The number of nitrogens with zero attached hydrogens (tertiary/aromatic N) is 1. The molecule has 10 heteroatoms. The zero-order chi connectivity index (χ0) is 27.9. The molecule has 0 spiro atoms. The van der Waals surface area contributed by atoms with Gasteiger partial charge < -0.3 is 14.2 Å². The number of ether oxygens (including phenoxy) is 3. The molecule has 1 saturated heterocycles. The number of nitrogens with one attached hydrogen (secondary N) is 1. The van der Waals surface area contributed by atoms with Crippen LogP contribution in [-0.4, -0.2) is 36.5 Å². The van der Waals surface area contributed by atoms with Gasteiger partial charge in [0, 0.05) is 15.1 Å². The predicted molar refractivity (Wildman–Crippen MR) is 151 cm³/mol. The second-order valence-corrected chi connectivity index (χ2v) is 9.99.